The Hall–Kier alpha value is -0.820. The lowest BCUT2D eigenvalue weighted by molar-refractivity contribution is 0.666. The van der Waals surface area contributed by atoms with Gasteiger partial charge in [-0.3, -0.25) is 0 Å². The van der Waals surface area contributed by atoms with Crippen LogP contribution in [0.5, 0.6) is 0 Å². The van der Waals surface area contributed by atoms with Crippen molar-refractivity contribution in [3.05, 3.63) is 35.4 Å². The zero-order valence-electron chi connectivity index (χ0n) is 9.79. The maximum absolute atomic E-state index is 5.72. The molecule has 2 atom stereocenters. The molecule has 0 bridgehead atoms. The molecule has 1 aliphatic carbocycles. The van der Waals surface area contributed by atoms with Crippen molar-refractivity contribution in [1.29, 1.82) is 0 Å². The maximum atomic E-state index is 5.72. The van der Waals surface area contributed by atoms with Gasteiger partial charge in [-0.15, -0.1) is 0 Å². The van der Waals surface area contributed by atoms with E-state index in [-0.39, 0.29) is 0 Å². The molecule has 15 heavy (non-hydrogen) atoms. The number of hydrogen-bond acceptors (Lipinski definition) is 1. The van der Waals surface area contributed by atoms with Crippen molar-refractivity contribution >= 4 is 0 Å². The predicted molar refractivity (Wildman–Crippen MR) is 65.0 cm³/mol. The van der Waals surface area contributed by atoms with Gasteiger partial charge in [0.25, 0.3) is 0 Å². The molecule has 1 saturated carbocycles. The summed E-state index contributed by atoms with van der Waals surface area (Å²) in [5.74, 6) is 0.703. The Morgan fingerprint density at radius 1 is 1.33 bits per heavy atom. The van der Waals surface area contributed by atoms with Crippen LogP contribution in [0.1, 0.15) is 37.8 Å². The van der Waals surface area contributed by atoms with Gasteiger partial charge in [0.05, 0.1) is 0 Å². The molecular weight excluding hydrogens is 182 g/mol. The highest BCUT2D eigenvalue weighted by molar-refractivity contribution is 5.34. The summed E-state index contributed by atoms with van der Waals surface area (Å²) in [5.41, 5.74) is 9.02. The van der Waals surface area contributed by atoms with Crippen molar-refractivity contribution in [3.8, 4) is 0 Å². The first-order valence-corrected chi connectivity index (χ1v) is 6.00. The average Bonchev–Trinajstić information content (AvgIpc) is 2.93. The molecule has 1 heteroatoms. The highest BCUT2D eigenvalue weighted by atomic mass is 14.7. The van der Waals surface area contributed by atoms with Gasteiger partial charge < -0.3 is 5.73 Å². The summed E-state index contributed by atoms with van der Waals surface area (Å²) in [4.78, 5) is 0. The zero-order valence-corrected chi connectivity index (χ0v) is 9.79. The van der Waals surface area contributed by atoms with Crippen LogP contribution in [0.15, 0.2) is 24.3 Å². The molecule has 0 heterocycles. The Labute approximate surface area is 92.7 Å². The third-order valence-electron chi connectivity index (χ3n) is 3.85. The SMILES string of the molecule is CCCc1ccc(C2(C)CC2CN)cc1. The molecule has 1 fully saturated rings. The van der Waals surface area contributed by atoms with Crippen LogP contribution in [0.25, 0.3) is 0 Å². The lowest BCUT2D eigenvalue weighted by atomic mass is 9.94. The van der Waals surface area contributed by atoms with E-state index < -0.39 is 0 Å². The number of aryl methyl sites for hydroxylation is 1. The van der Waals surface area contributed by atoms with E-state index in [1.807, 2.05) is 0 Å². The van der Waals surface area contributed by atoms with Crippen molar-refractivity contribution < 1.29 is 0 Å². The van der Waals surface area contributed by atoms with E-state index >= 15 is 0 Å². The lowest BCUT2D eigenvalue weighted by Crippen LogP contribution is -2.11. The maximum Gasteiger partial charge on any atom is -0.00313 e. The summed E-state index contributed by atoms with van der Waals surface area (Å²) in [7, 11) is 0. The average molecular weight is 203 g/mol. The molecule has 2 N–H and O–H groups in total. The van der Waals surface area contributed by atoms with Crippen LogP contribution in [-0.4, -0.2) is 6.54 Å². The second-order valence-corrected chi connectivity index (χ2v) is 5.00. The smallest absolute Gasteiger partial charge is 0.00313 e. The van der Waals surface area contributed by atoms with Crippen LogP contribution < -0.4 is 5.73 Å². The highest BCUT2D eigenvalue weighted by Crippen LogP contribution is 2.53. The van der Waals surface area contributed by atoms with Gasteiger partial charge in [0.1, 0.15) is 0 Å². The van der Waals surface area contributed by atoms with Gasteiger partial charge in [0.2, 0.25) is 0 Å². The Balaban J connectivity index is 2.11. The number of hydrogen-bond donors (Lipinski definition) is 1. The molecule has 0 radical (unpaired) electrons. The molecule has 0 spiro atoms. The molecule has 1 aliphatic rings. The first-order chi connectivity index (χ1) is 7.20. The minimum Gasteiger partial charge on any atom is -0.330 e. The van der Waals surface area contributed by atoms with Crippen LogP contribution in [0.4, 0.5) is 0 Å². The third kappa shape index (κ3) is 1.93. The van der Waals surface area contributed by atoms with E-state index in [2.05, 4.69) is 38.1 Å². The van der Waals surface area contributed by atoms with Gasteiger partial charge in [-0.05, 0) is 41.8 Å². The minimum absolute atomic E-state index is 0.374. The minimum atomic E-state index is 0.374. The third-order valence-corrected chi connectivity index (χ3v) is 3.85. The fourth-order valence-corrected chi connectivity index (χ4v) is 2.49. The Morgan fingerprint density at radius 3 is 2.47 bits per heavy atom. The van der Waals surface area contributed by atoms with Gasteiger partial charge in [-0.2, -0.15) is 0 Å². The summed E-state index contributed by atoms with van der Waals surface area (Å²) < 4.78 is 0. The van der Waals surface area contributed by atoms with E-state index in [0.29, 0.717) is 11.3 Å². The molecule has 1 aromatic rings. The van der Waals surface area contributed by atoms with E-state index in [4.69, 9.17) is 5.73 Å². The summed E-state index contributed by atoms with van der Waals surface area (Å²) >= 11 is 0. The zero-order chi connectivity index (χ0) is 10.9. The van der Waals surface area contributed by atoms with Crippen LogP contribution >= 0.6 is 0 Å². The Bertz CT molecular complexity index is 328. The number of benzene rings is 1. The van der Waals surface area contributed by atoms with Crippen molar-refractivity contribution in [2.24, 2.45) is 11.7 Å². The highest BCUT2D eigenvalue weighted by Gasteiger charge is 2.49. The summed E-state index contributed by atoms with van der Waals surface area (Å²) in [6.07, 6.45) is 3.68. The molecule has 1 aromatic carbocycles. The number of nitrogens with two attached hydrogens (primary N) is 1. The molecule has 1 nitrogen and oxygen atoms in total. The van der Waals surface area contributed by atoms with Crippen LogP contribution in [0.2, 0.25) is 0 Å². The predicted octanol–water partition coefficient (Wildman–Crippen LogP) is 2.88. The first kappa shape index (κ1) is 10.7. The molecule has 0 aromatic heterocycles. The van der Waals surface area contributed by atoms with Crippen molar-refractivity contribution in [1.82, 2.24) is 0 Å². The van der Waals surface area contributed by atoms with Crippen LogP contribution in [-0.2, 0) is 11.8 Å². The molecule has 0 saturated heterocycles. The monoisotopic (exact) mass is 203 g/mol. The molecule has 0 amide bonds. The van der Waals surface area contributed by atoms with Crippen LogP contribution in [0.3, 0.4) is 0 Å². The first-order valence-electron chi connectivity index (χ1n) is 6.00. The quantitative estimate of drug-likeness (QED) is 0.800. The van der Waals surface area contributed by atoms with E-state index in [1.54, 1.807) is 0 Å². The molecule has 0 aliphatic heterocycles. The van der Waals surface area contributed by atoms with Crippen molar-refractivity contribution in [2.45, 2.75) is 38.5 Å². The Kier molecular flexibility index (Phi) is 2.83. The van der Waals surface area contributed by atoms with Gasteiger partial charge in [0, 0.05) is 0 Å². The molecule has 82 valence electrons. The van der Waals surface area contributed by atoms with Gasteiger partial charge >= 0.3 is 0 Å². The number of rotatable bonds is 4. The van der Waals surface area contributed by atoms with Gasteiger partial charge in [0.15, 0.2) is 0 Å². The standard InChI is InChI=1S/C14H21N/c1-3-4-11-5-7-12(8-6-11)14(2)9-13(14)10-15/h5-8,13H,3-4,9-10,15H2,1-2H3. The van der Waals surface area contributed by atoms with E-state index in [0.717, 1.165) is 6.54 Å². The Morgan fingerprint density at radius 2 is 2.00 bits per heavy atom. The summed E-state index contributed by atoms with van der Waals surface area (Å²) in [6, 6.07) is 9.13. The van der Waals surface area contributed by atoms with Gasteiger partial charge in [-0.25, -0.2) is 0 Å². The summed E-state index contributed by atoms with van der Waals surface area (Å²) in [6.45, 7) is 5.38. The summed E-state index contributed by atoms with van der Waals surface area (Å²) in [5, 5.41) is 0. The molecule has 2 unspecified atom stereocenters. The molecular formula is C14H21N. The lowest BCUT2D eigenvalue weighted by Gasteiger charge is -2.11. The second kappa shape index (κ2) is 3.97. The normalized spacial score (nSPS) is 29.1. The van der Waals surface area contributed by atoms with E-state index in [9.17, 15) is 0 Å². The fourth-order valence-electron chi connectivity index (χ4n) is 2.49. The van der Waals surface area contributed by atoms with Gasteiger partial charge in [-0.1, -0.05) is 44.5 Å². The van der Waals surface area contributed by atoms with Crippen molar-refractivity contribution in [3.63, 3.8) is 0 Å². The van der Waals surface area contributed by atoms with Crippen molar-refractivity contribution in [2.75, 3.05) is 6.54 Å². The fraction of sp³-hybridized carbons (Fsp3) is 0.571. The van der Waals surface area contributed by atoms with E-state index in [1.165, 1.54) is 30.4 Å². The topological polar surface area (TPSA) is 26.0 Å². The van der Waals surface area contributed by atoms with Crippen LogP contribution in [0, 0.1) is 5.92 Å². The molecule has 2 rings (SSSR count). The largest absolute Gasteiger partial charge is 0.330 e. The second-order valence-electron chi connectivity index (χ2n) is 5.00.